The monoisotopic (exact) mass is 312 g/mol. The fraction of sp³-hybridized carbons (Fsp3) is 0.600. The van der Waals surface area contributed by atoms with Crippen LogP contribution in [-0.4, -0.2) is 21.6 Å². The molecule has 0 heterocycles. The highest BCUT2D eigenvalue weighted by Crippen LogP contribution is 2.30. The quantitative estimate of drug-likeness (QED) is 0.836. The maximum atomic E-state index is 12.5. The van der Waals surface area contributed by atoms with E-state index in [9.17, 15) is 8.42 Å². The lowest BCUT2D eigenvalue weighted by atomic mass is 9.81. The topological polar surface area (TPSA) is 81.4 Å². The van der Waals surface area contributed by atoms with Gasteiger partial charge in [-0.25, -0.2) is 13.1 Å². The molecule has 0 radical (unpaired) electrons. The van der Waals surface area contributed by atoms with Gasteiger partial charge in [-0.1, -0.05) is 13.8 Å². The molecule has 1 aliphatic rings. The first-order chi connectivity index (χ1) is 9.81. The first-order valence-corrected chi connectivity index (χ1v) is 8.76. The van der Waals surface area contributed by atoms with Crippen molar-refractivity contribution in [3.63, 3.8) is 0 Å². The standard InChI is InChI=1S/C15H24N2O3S/c1-10-6-11(2)8-12(7-10)17-21(18,19)15-5-4-13(20-3)9-14(15)16/h4-5,9-12,17H,6-8,16H2,1-3H3. The third kappa shape index (κ3) is 3.89. The van der Waals surface area contributed by atoms with Crippen LogP contribution in [0.1, 0.15) is 33.1 Å². The second kappa shape index (κ2) is 6.23. The maximum Gasteiger partial charge on any atom is 0.242 e. The summed E-state index contributed by atoms with van der Waals surface area (Å²) in [6.45, 7) is 4.33. The molecule has 1 saturated carbocycles. The van der Waals surface area contributed by atoms with Crippen molar-refractivity contribution >= 4 is 15.7 Å². The molecule has 3 N–H and O–H groups in total. The average Bonchev–Trinajstić information content (AvgIpc) is 2.36. The highest BCUT2D eigenvalue weighted by Gasteiger charge is 2.28. The summed E-state index contributed by atoms with van der Waals surface area (Å²) in [7, 11) is -2.07. The van der Waals surface area contributed by atoms with Crippen LogP contribution in [0.5, 0.6) is 5.75 Å². The van der Waals surface area contributed by atoms with E-state index in [1.807, 2.05) is 0 Å². The Bertz CT molecular complexity index is 591. The summed E-state index contributed by atoms with van der Waals surface area (Å²) in [5.41, 5.74) is 6.05. The maximum absolute atomic E-state index is 12.5. The second-order valence-corrected chi connectivity index (χ2v) is 7.82. The van der Waals surface area contributed by atoms with Gasteiger partial charge in [0.1, 0.15) is 10.6 Å². The van der Waals surface area contributed by atoms with Gasteiger partial charge in [0.05, 0.1) is 12.8 Å². The Hall–Kier alpha value is -1.27. The smallest absolute Gasteiger partial charge is 0.242 e. The van der Waals surface area contributed by atoms with Crippen LogP contribution in [0.4, 0.5) is 5.69 Å². The Morgan fingerprint density at radius 3 is 2.33 bits per heavy atom. The second-order valence-electron chi connectivity index (χ2n) is 6.14. The first kappa shape index (κ1) is 16.1. The lowest BCUT2D eigenvalue weighted by molar-refractivity contribution is 0.258. The molecule has 0 spiro atoms. The van der Waals surface area contributed by atoms with E-state index < -0.39 is 10.0 Å². The Morgan fingerprint density at radius 1 is 1.19 bits per heavy atom. The average molecular weight is 312 g/mol. The molecule has 0 amide bonds. The molecule has 1 aliphatic carbocycles. The van der Waals surface area contributed by atoms with E-state index >= 15 is 0 Å². The van der Waals surface area contributed by atoms with Crippen molar-refractivity contribution < 1.29 is 13.2 Å². The Labute approximate surface area is 126 Å². The van der Waals surface area contributed by atoms with E-state index in [4.69, 9.17) is 10.5 Å². The summed E-state index contributed by atoms with van der Waals surface area (Å²) in [6, 6.07) is 4.61. The largest absolute Gasteiger partial charge is 0.497 e. The number of nitrogens with one attached hydrogen (secondary N) is 1. The Balaban J connectivity index is 2.18. The van der Waals surface area contributed by atoms with Crippen LogP contribution in [0.15, 0.2) is 23.1 Å². The van der Waals surface area contributed by atoms with Gasteiger partial charge in [0, 0.05) is 12.1 Å². The van der Waals surface area contributed by atoms with Crippen molar-refractivity contribution in [1.29, 1.82) is 0 Å². The summed E-state index contributed by atoms with van der Waals surface area (Å²) in [4.78, 5) is 0.120. The molecular weight excluding hydrogens is 288 g/mol. The van der Waals surface area contributed by atoms with Gasteiger partial charge >= 0.3 is 0 Å². The molecule has 0 saturated heterocycles. The molecule has 6 heteroatoms. The molecule has 2 atom stereocenters. The first-order valence-electron chi connectivity index (χ1n) is 7.27. The number of anilines is 1. The number of sulfonamides is 1. The fourth-order valence-electron chi connectivity index (χ4n) is 3.22. The van der Waals surface area contributed by atoms with Gasteiger partial charge in [-0.2, -0.15) is 0 Å². The number of hydrogen-bond donors (Lipinski definition) is 2. The van der Waals surface area contributed by atoms with Crippen LogP contribution in [0.2, 0.25) is 0 Å². The summed E-state index contributed by atoms with van der Waals surface area (Å²) >= 11 is 0. The molecule has 2 rings (SSSR count). The van der Waals surface area contributed by atoms with Crippen molar-refractivity contribution in [3.8, 4) is 5.75 Å². The van der Waals surface area contributed by atoms with E-state index in [1.54, 1.807) is 6.07 Å². The van der Waals surface area contributed by atoms with Gasteiger partial charge in [0.25, 0.3) is 0 Å². The molecule has 2 unspecified atom stereocenters. The van der Waals surface area contributed by atoms with Gasteiger partial charge in [-0.05, 0) is 43.2 Å². The number of nitrogens with two attached hydrogens (primary N) is 1. The van der Waals surface area contributed by atoms with E-state index in [0.29, 0.717) is 17.6 Å². The number of ether oxygens (including phenoxy) is 1. The minimum atomic E-state index is -3.59. The summed E-state index contributed by atoms with van der Waals surface area (Å²) < 4.78 is 32.9. The minimum Gasteiger partial charge on any atom is -0.497 e. The third-order valence-electron chi connectivity index (χ3n) is 4.01. The van der Waals surface area contributed by atoms with Gasteiger partial charge < -0.3 is 10.5 Å². The highest BCUT2D eigenvalue weighted by atomic mass is 32.2. The predicted molar refractivity (Wildman–Crippen MR) is 83.7 cm³/mol. The zero-order valence-electron chi connectivity index (χ0n) is 12.8. The van der Waals surface area contributed by atoms with Crippen LogP contribution in [0.3, 0.4) is 0 Å². The zero-order valence-corrected chi connectivity index (χ0v) is 13.6. The SMILES string of the molecule is COc1ccc(S(=O)(=O)NC2CC(C)CC(C)C2)c(N)c1. The van der Waals surface area contributed by atoms with Gasteiger partial charge in [-0.15, -0.1) is 0 Å². The van der Waals surface area contributed by atoms with Gasteiger partial charge in [0.15, 0.2) is 0 Å². The van der Waals surface area contributed by atoms with E-state index in [1.165, 1.54) is 19.2 Å². The molecular formula is C15H24N2O3S. The summed E-state index contributed by atoms with van der Waals surface area (Å²) in [5.74, 6) is 1.62. The van der Waals surface area contributed by atoms with Crippen LogP contribution in [0, 0.1) is 11.8 Å². The summed E-state index contributed by atoms with van der Waals surface area (Å²) in [5, 5.41) is 0. The van der Waals surface area contributed by atoms with E-state index in [2.05, 4.69) is 18.6 Å². The minimum absolute atomic E-state index is 0.0183. The van der Waals surface area contributed by atoms with Crippen molar-refractivity contribution in [2.45, 2.75) is 44.0 Å². The molecule has 5 nitrogen and oxygen atoms in total. The number of rotatable bonds is 4. The molecule has 118 valence electrons. The predicted octanol–water partition coefficient (Wildman–Crippen LogP) is 2.38. The molecule has 0 aliphatic heterocycles. The lowest BCUT2D eigenvalue weighted by Crippen LogP contribution is -2.40. The van der Waals surface area contributed by atoms with E-state index in [0.717, 1.165) is 19.3 Å². The van der Waals surface area contributed by atoms with Crippen molar-refractivity contribution in [2.75, 3.05) is 12.8 Å². The van der Waals surface area contributed by atoms with Gasteiger partial charge in [0.2, 0.25) is 10.0 Å². The normalized spacial score (nSPS) is 26.5. The number of methoxy groups -OCH3 is 1. The number of hydrogen-bond acceptors (Lipinski definition) is 4. The van der Waals surface area contributed by atoms with Crippen LogP contribution < -0.4 is 15.2 Å². The van der Waals surface area contributed by atoms with Crippen LogP contribution in [-0.2, 0) is 10.0 Å². The Morgan fingerprint density at radius 2 is 1.81 bits per heavy atom. The van der Waals surface area contributed by atoms with Crippen LogP contribution >= 0.6 is 0 Å². The van der Waals surface area contributed by atoms with Crippen molar-refractivity contribution in [2.24, 2.45) is 11.8 Å². The van der Waals surface area contributed by atoms with Crippen LogP contribution in [0.25, 0.3) is 0 Å². The fourth-order valence-corrected chi connectivity index (χ4v) is 4.60. The summed E-state index contributed by atoms with van der Waals surface area (Å²) in [6.07, 6.45) is 2.90. The molecule has 0 aromatic heterocycles. The Kier molecular flexibility index (Phi) is 4.78. The number of benzene rings is 1. The molecule has 21 heavy (non-hydrogen) atoms. The molecule has 0 bridgehead atoms. The lowest BCUT2D eigenvalue weighted by Gasteiger charge is -2.31. The highest BCUT2D eigenvalue weighted by molar-refractivity contribution is 7.89. The van der Waals surface area contributed by atoms with E-state index in [-0.39, 0.29) is 16.6 Å². The van der Waals surface area contributed by atoms with Gasteiger partial charge in [-0.3, -0.25) is 0 Å². The molecule has 1 aromatic carbocycles. The molecule has 1 fully saturated rings. The van der Waals surface area contributed by atoms with Crippen molar-refractivity contribution in [1.82, 2.24) is 4.72 Å². The third-order valence-corrected chi connectivity index (χ3v) is 5.60. The van der Waals surface area contributed by atoms with Crippen molar-refractivity contribution in [3.05, 3.63) is 18.2 Å². The molecule has 1 aromatic rings. The number of nitrogen functional groups attached to an aromatic ring is 1. The zero-order chi connectivity index (χ0) is 15.6.